The van der Waals surface area contributed by atoms with Crippen molar-refractivity contribution in [2.45, 2.75) is 174 Å². The summed E-state index contributed by atoms with van der Waals surface area (Å²) in [5.74, 6) is -3.75. The fourth-order valence-electron chi connectivity index (χ4n) is 8.49. The van der Waals surface area contributed by atoms with Gasteiger partial charge in [0.1, 0.15) is 35.9 Å². The fourth-order valence-corrected chi connectivity index (χ4v) is 9.74. The van der Waals surface area contributed by atoms with Crippen molar-refractivity contribution < 1.29 is 47.8 Å². The highest BCUT2D eigenvalue weighted by atomic mass is 28.4. The highest BCUT2D eigenvalue weighted by molar-refractivity contribution is 6.74. The van der Waals surface area contributed by atoms with E-state index in [-0.39, 0.29) is 37.3 Å². The van der Waals surface area contributed by atoms with Gasteiger partial charge < -0.3 is 44.8 Å². The van der Waals surface area contributed by atoms with E-state index < -0.39 is 98.0 Å². The molecule has 15 nitrogen and oxygen atoms in total. The van der Waals surface area contributed by atoms with E-state index in [0.717, 1.165) is 22.3 Å². The molecule has 0 spiro atoms. The minimum absolute atomic E-state index is 0.0868. The number of aliphatic hydroxyl groups is 1. The first-order valence-electron chi connectivity index (χ1n) is 24.8. The second kappa shape index (κ2) is 24.0. The number of hydrogen-bond donors (Lipinski definition) is 4. The van der Waals surface area contributed by atoms with Crippen LogP contribution in [-0.2, 0) is 63.7 Å². The van der Waals surface area contributed by atoms with Gasteiger partial charge in [0.2, 0.25) is 17.7 Å². The van der Waals surface area contributed by atoms with Gasteiger partial charge >= 0.3 is 12.1 Å². The van der Waals surface area contributed by atoms with Gasteiger partial charge in [0.05, 0.1) is 12.6 Å². The number of amides is 5. The van der Waals surface area contributed by atoms with E-state index in [2.05, 4.69) is 49.8 Å². The molecule has 70 heavy (non-hydrogen) atoms. The largest absolute Gasteiger partial charge is 0.458 e. The molecule has 2 heterocycles. The number of likely N-dealkylation sites (tertiary alicyclic amines) is 1. The first kappa shape index (κ1) is 55.3. The Bertz CT molecular complexity index is 2260. The Hall–Kier alpha value is -5.58. The molecule has 382 valence electrons. The maximum Gasteiger partial charge on any atom is 0.410 e. The molecule has 5 amide bonds. The summed E-state index contributed by atoms with van der Waals surface area (Å²) in [5, 5.41) is 19.9. The number of nitrogens with zero attached hydrogens (tertiary/aromatic N) is 2. The average Bonchev–Trinajstić information content (AvgIpc) is 3.72. The van der Waals surface area contributed by atoms with E-state index in [0.29, 0.717) is 25.9 Å². The van der Waals surface area contributed by atoms with Crippen LogP contribution in [0.25, 0.3) is 0 Å². The Morgan fingerprint density at radius 3 is 1.94 bits per heavy atom. The molecular formula is C54H77N5O10Si. The Kier molecular flexibility index (Phi) is 19.0. The molecule has 2 aliphatic rings. The van der Waals surface area contributed by atoms with Crippen LogP contribution in [0.2, 0.25) is 18.1 Å². The van der Waals surface area contributed by atoms with E-state index >= 15 is 4.79 Å². The van der Waals surface area contributed by atoms with Crippen molar-refractivity contribution in [1.29, 1.82) is 0 Å². The van der Waals surface area contributed by atoms with Gasteiger partial charge in [0.25, 0.3) is 5.91 Å². The van der Waals surface area contributed by atoms with Crippen molar-refractivity contribution in [3.8, 4) is 0 Å². The monoisotopic (exact) mass is 984 g/mol. The van der Waals surface area contributed by atoms with Crippen molar-refractivity contribution in [2.75, 3.05) is 13.1 Å². The van der Waals surface area contributed by atoms with Gasteiger partial charge in [-0.15, -0.1) is 0 Å². The van der Waals surface area contributed by atoms with E-state index in [4.69, 9.17) is 13.9 Å². The van der Waals surface area contributed by atoms with Gasteiger partial charge in [-0.05, 0) is 79.9 Å². The van der Waals surface area contributed by atoms with Crippen LogP contribution < -0.4 is 16.0 Å². The Balaban J connectivity index is 1.41. The van der Waals surface area contributed by atoms with Crippen LogP contribution in [0, 0.1) is 5.92 Å². The highest BCUT2D eigenvalue weighted by Gasteiger charge is 2.47. The lowest BCUT2D eigenvalue weighted by Crippen LogP contribution is -2.60. The van der Waals surface area contributed by atoms with Crippen LogP contribution in [0.3, 0.4) is 0 Å². The molecule has 16 heteroatoms. The van der Waals surface area contributed by atoms with Crippen molar-refractivity contribution in [1.82, 2.24) is 25.8 Å². The second-order valence-corrected chi connectivity index (χ2v) is 26.4. The molecule has 0 bridgehead atoms. The molecule has 0 aromatic heterocycles. The van der Waals surface area contributed by atoms with Crippen molar-refractivity contribution in [3.63, 3.8) is 0 Å². The number of esters is 1. The number of carbonyl (C=O) groups is 6. The molecule has 0 radical (unpaired) electrons. The normalized spacial score (nSPS) is 18.4. The topological polar surface area (TPSA) is 193 Å². The molecular weight excluding hydrogens is 907 g/mol. The van der Waals surface area contributed by atoms with Gasteiger partial charge in [-0.25, -0.2) is 9.59 Å². The predicted molar refractivity (Wildman–Crippen MR) is 271 cm³/mol. The summed E-state index contributed by atoms with van der Waals surface area (Å²) in [7, 11) is -2.52. The van der Waals surface area contributed by atoms with Crippen LogP contribution in [0.4, 0.5) is 4.79 Å². The smallest absolute Gasteiger partial charge is 0.410 e. The lowest BCUT2D eigenvalue weighted by atomic mass is 10.00. The Morgan fingerprint density at radius 1 is 0.786 bits per heavy atom. The van der Waals surface area contributed by atoms with E-state index in [1.807, 2.05) is 91.9 Å². The van der Waals surface area contributed by atoms with E-state index in [1.54, 1.807) is 39.5 Å². The summed E-state index contributed by atoms with van der Waals surface area (Å²) in [6.45, 7) is 21.6. The number of ether oxygens (including phenoxy) is 2. The van der Waals surface area contributed by atoms with Gasteiger partial charge in [0.15, 0.2) is 14.4 Å². The highest BCUT2D eigenvalue weighted by Crippen LogP contribution is 2.38. The third kappa shape index (κ3) is 15.2. The average molecular weight is 984 g/mol. The fraction of sp³-hybridized carbons (Fsp3) is 0.556. The quantitative estimate of drug-likeness (QED) is 0.0748. The lowest BCUT2D eigenvalue weighted by molar-refractivity contribution is -0.159. The minimum Gasteiger partial charge on any atom is -0.458 e. The SMILES string of the molecule is CCCC(NC(=O)[C@@H]1C[C@@H](OC(=O)N2CCc3ccccc3C2)CN1C(=O)[C@@H](NC(=O)[C@H](Cc1ccccc1)O[Si](C)(C)C(C)(C)C)C(C)C)C(O)C(=O)N[C@H](Cc1ccccc1)C(=O)OC(C)(C)C. The Labute approximate surface area is 415 Å². The maximum atomic E-state index is 15.0. The third-order valence-electron chi connectivity index (χ3n) is 13.4. The van der Waals surface area contributed by atoms with Gasteiger partial charge in [-0.2, -0.15) is 0 Å². The number of benzene rings is 3. The zero-order valence-electron chi connectivity index (χ0n) is 43.1. The molecule has 1 saturated heterocycles. The summed E-state index contributed by atoms with van der Waals surface area (Å²) >= 11 is 0. The number of carbonyl (C=O) groups excluding carboxylic acids is 6. The number of aliphatic hydroxyl groups excluding tert-OH is 1. The number of fused-ring (bicyclic) bond motifs is 1. The summed E-state index contributed by atoms with van der Waals surface area (Å²) in [6, 6.07) is 21.9. The molecule has 5 rings (SSSR count). The summed E-state index contributed by atoms with van der Waals surface area (Å²) in [5.41, 5.74) is 2.94. The zero-order chi connectivity index (χ0) is 51.6. The molecule has 0 saturated carbocycles. The number of rotatable bonds is 19. The van der Waals surface area contributed by atoms with Crippen LogP contribution in [-0.4, -0.2) is 120 Å². The molecule has 2 aliphatic heterocycles. The lowest BCUT2D eigenvalue weighted by Gasteiger charge is -2.39. The minimum atomic E-state index is -2.52. The van der Waals surface area contributed by atoms with Crippen molar-refractivity contribution in [3.05, 3.63) is 107 Å². The molecule has 0 aliphatic carbocycles. The maximum absolute atomic E-state index is 15.0. The molecule has 7 atom stereocenters. The van der Waals surface area contributed by atoms with E-state index in [1.165, 1.54) is 4.90 Å². The van der Waals surface area contributed by atoms with Crippen LogP contribution in [0.1, 0.15) is 104 Å². The van der Waals surface area contributed by atoms with Gasteiger partial charge in [-0.3, -0.25) is 19.2 Å². The van der Waals surface area contributed by atoms with Crippen LogP contribution in [0.15, 0.2) is 84.9 Å². The van der Waals surface area contributed by atoms with Crippen LogP contribution in [0.5, 0.6) is 0 Å². The Morgan fingerprint density at radius 2 is 1.37 bits per heavy atom. The number of hydrogen-bond acceptors (Lipinski definition) is 10. The molecule has 1 fully saturated rings. The van der Waals surface area contributed by atoms with Crippen molar-refractivity contribution in [2.24, 2.45) is 5.92 Å². The number of nitrogens with one attached hydrogen (secondary N) is 3. The van der Waals surface area contributed by atoms with Gasteiger partial charge in [-0.1, -0.05) is 133 Å². The van der Waals surface area contributed by atoms with E-state index in [9.17, 15) is 29.1 Å². The summed E-state index contributed by atoms with van der Waals surface area (Å²) in [4.78, 5) is 88.2. The third-order valence-corrected chi connectivity index (χ3v) is 17.9. The summed E-state index contributed by atoms with van der Waals surface area (Å²) < 4.78 is 18.5. The second-order valence-electron chi connectivity index (χ2n) is 21.6. The first-order chi connectivity index (χ1) is 32.9. The van der Waals surface area contributed by atoms with Crippen molar-refractivity contribution >= 4 is 44.0 Å². The van der Waals surface area contributed by atoms with Crippen LogP contribution >= 0.6 is 0 Å². The molecule has 2 unspecified atom stereocenters. The predicted octanol–water partition coefficient (Wildman–Crippen LogP) is 6.64. The van der Waals surface area contributed by atoms with Gasteiger partial charge in [0, 0.05) is 32.4 Å². The standard InChI is InChI=1S/C54H77N5O10Si/c1-12-21-41(46(60)49(63)56-42(51(65)68-53(4,5)6)30-36-22-15-13-16-23-36)55-47(61)43-32-40(67-52(66)58-29-28-38-26-19-20-27-39(38)33-58)34-59(43)50(64)45(35(2)3)57-48(62)44(31-37-24-17-14-18-25-37)69-70(10,11)54(7,8)9/h13-20,22-27,35,40-46,60H,12,21,28-34H2,1-11H3,(H,55,61)(H,56,63)(H,57,62)/t40-,41?,42-,43+,44+,45+,46?/m1/s1. The zero-order valence-corrected chi connectivity index (χ0v) is 44.1. The summed E-state index contributed by atoms with van der Waals surface area (Å²) in [6.07, 6.45) is -2.71. The molecule has 3 aromatic rings. The first-order valence-corrected chi connectivity index (χ1v) is 27.7. The molecule has 3 aromatic carbocycles. The molecule has 4 N–H and O–H groups in total.